The lowest BCUT2D eigenvalue weighted by atomic mass is 9.97. The zero-order valence-electron chi connectivity index (χ0n) is 18.1. The van der Waals surface area contributed by atoms with Crippen LogP contribution in [0.15, 0.2) is 16.2 Å². The highest BCUT2D eigenvalue weighted by molar-refractivity contribution is 5.88. The average Bonchev–Trinajstić information content (AvgIpc) is 2.96. The Hall–Kier alpha value is -2.44. The fourth-order valence-corrected chi connectivity index (χ4v) is 4.44. The van der Waals surface area contributed by atoms with Gasteiger partial charge in [0.05, 0.1) is 5.69 Å². The van der Waals surface area contributed by atoms with Crippen molar-refractivity contribution in [3.63, 3.8) is 0 Å². The Bertz CT molecular complexity index is 896. The van der Waals surface area contributed by atoms with E-state index in [0.29, 0.717) is 30.9 Å². The number of aromatic nitrogens is 3. The summed E-state index contributed by atoms with van der Waals surface area (Å²) in [6.45, 7) is 4.63. The summed E-state index contributed by atoms with van der Waals surface area (Å²) < 4.78 is 5.46. The first kappa shape index (κ1) is 20.8. The van der Waals surface area contributed by atoms with Crippen molar-refractivity contribution in [2.24, 2.45) is 0 Å². The molecule has 0 unspecified atom stereocenters. The molecule has 1 fully saturated rings. The summed E-state index contributed by atoms with van der Waals surface area (Å²) in [5.74, 6) is 1.63. The lowest BCUT2D eigenvalue weighted by molar-refractivity contribution is -0.121. The molecule has 7 heteroatoms. The fraction of sp³-hybridized carbons (Fsp3) is 0.652. The molecule has 2 aliphatic rings. The molecule has 3 heterocycles. The minimum atomic E-state index is 0.0557. The van der Waals surface area contributed by atoms with Gasteiger partial charge in [-0.3, -0.25) is 4.79 Å². The first-order valence-electron chi connectivity index (χ1n) is 11.5. The van der Waals surface area contributed by atoms with E-state index in [4.69, 9.17) is 9.51 Å². The standard InChI is InChI=1S/C23H33N5O2/c1-17-21-22(28-15-7-2-3-8-16-28)25-19(26-23(21)30-27-17)11-12-20(29)24-14-13-18-9-5-4-6-10-18/h9H,2-8,10-16H2,1H3,(H,24,29). The van der Waals surface area contributed by atoms with Crippen molar-refractivity contribution in [1.29, 1.82) is 0 Å². The molecule has 1 aliphatic carbocycles. The minimum Gasteiger partial charge on any atom is -0.356 e. The van der Waals surface area contributed by atoms with E-state index in [1.807, 2.05) is 6.92 Å². The van der Waals surface area contributed by atoms with Crippen molar-refractivity contribution < 1.29 is 9.32 Å². The summed E-state index contributed by atoms with van der Waals surface area (Å²) in [4.78, 5) is 24.1. The molecule has 0 bridgehead atoms. The number of aryl methyl sites for hydroxylation is 2. The molecule has 0 spiro atoms. The zero-order valence-corrected chi connectivity index (χ0v) is 18.1. The van der Waals surface area contributed by atoms with Crippen molar-refractivity contribution in [1.82, 2.24) is 20.4 Å². The summed E-state index contributed by atoms with van der Waals surface area (Å²) >= 11 is 0. The largest absolute Gasteiger partial charge is 0.356 e. The van der Waals surface area contributed by atoms with Crippen LogP contribution in [0.2, 0.25) is 0 Å². The van der Waals surface area contributed by atoms with Crippen LogP contribution in [0.1, 0.15) is 75.7 Å². The van der Waals surface area contributed by atoms with Crippen LogP contribution < -0.4 is 10.2 Å². The first-order valence-corrected chi connectivity index (χ1v) is 11.5. The van der Waals surface area contributed by atoms with Gasteiger partial charge in [-0.1, -0.05) is 29.6 Å². The van der Waals surface area contributed by atoms with Gasteiger partial charge in [0.25, 0.3) is 5.71 Å². The Kier molecular flexibility index (Phi) is 6.97. The highest BCUT2D eigenvalue weighted by Gasteiger charge is 2.21. The molecule has 0 atom stereocenters. The number of hydrogen-bond acceptors (Lipinski definition) is 6. The molecule has 7 nitrogen and oxygen atoms in total. The van der Waals surface area contributed by atoms with E-state index in [0.717, 1.165) is 36.4 Å². The van der Waals surface area contributed by atoms with Gasteiger partial charge in [-0.15, -0.1) is 0 Å². The number of anilines is 1. The summed E-state index contributed by atoms with van der Waals surface area (Å²) in [6, 6.07) is 0. The zero-order chi connectivity index (χ0) is 20.8. The molecule has 0 radical (unpaired) electrons. The quantitative estimate of drug-likeness (QED) is 0.686. The van der Waals surface area contributed by atoms with Crippen LogP contribution in [0, 0.1) is 6.92 Å². The number of fused-ring (bicyclic) bond motifs is 1. The van der Waals surface area contributed by atoms with Crippen LogP contribution in [0.4, 0.5) is 5.82 Å². The average molecular weight is 412 g/mol. The highest BCUT2D eigenvalue weighted by Crippen LogP contribution is 2.29. The van der Waals surface area contributed by atoms with Gasteiger partial charge in [-0.05, 0) is 51.9 Å². The molecule has 0 saturated carbocycles. The van der Waals surface area contributed by atoms with Gasteiger partial charge in [-0.25, -0.2) is 4.98 Å². The normalized spacial score (nSPS) is 17.6. The molecule has 2 aromatic rings. The molecular formula is C23H33N5O2. The van der Waals surface area contributed by atoms with Crippen LogP contribution in [-0.4, -0.2) is 40.7 Å². The minimum absolute atomic E-state index is 0.0557. The number of rotatable bonds is 7. The maximum Gasteiger partial charge on any atom is 0.263 e. The van der Waals surface area contributed by atoms with Crippen LogP contribution in [0.3, 0.4) is 0 Å². The second-order valence-corrected chi connectivity index (χ2v) is 8.52. The molecule has 1 saturated heterocycles. The maximum atomic E-state index is 12.3. The molecule has 1 N–H and O–H groups in total. The van der Waals surface area contributed by atoms with Gasteiger partial charge in [-0.2, -0.15) is 4.98 Å². The third-order valence-corrected chi connectivity index (χ3v) is 6.17. The number of nitrogens with zero attached hydrogens (tertiary/aromatic N) is 4. The Labute approximate surface area is 178 Å². The van der Waals surface area contributed by atoms with E-state index in [-0.39, 0.29) is 5.91 Å². The molecule has 2 aromatic heterocycles. The number of nitrogens with one attached hydrogen (secondary N) is 1. The summed E-state index contributed by atoms with van der Waals surface area (Å²) in [6.07, 6.45) is 14.0. The smallest absolute Gasteiger partial charge is 0.263 e. The van der Waals surface area contributed by atoms with Crippen molar-refractivity contribution in [3.8, 4) is 0 Å². The molecule has 1 aliphatic heterocycles. The SMILES string of the molecule is Cc1noc2nc(CCC(=O)NCCC3=CCCCC3)nc(N3CCCCCC3)c12. The molecule has 162 valence electrons. The van der Waals surface area contributed by atoms with Crippen molar-refractivity contribution in [2.75, 3.05) is 24.5 Å². The van der Waals surface area contributed by atoms with Gasteiger partial charge in [0.15, 0.2) is 0 Å². The monoisotopic (exact) mass is 411 g/mol. The van der Waals surface area contributed by atoms with Crippen molar-refractivity contribution in [2.45, 2.75) is 77.6 Å². The van der Waals surface area contributed by atoms with Crippen molar-refractivity contribution in [3.05, 3.63) is 23.2 Å². The molecule has 30 heavy (non-hydrogen) atoms. The lowest BCUT2D eigenvalue weighted by Gasteiger charge is -2.22. The summed E-state index contributed by atoms with van der Waals surface area (Å²) in [5.41, 5.74) is 2.84. The topological polar surface area (TPSA) is 84.1 Å². The van der Waals surface area contributed by atoms with Gasteiger partial charge < -0.3 is 14.7 Å². The predicted molar refractivity (Wildman–Crippen MR) is 118 cm³/mol. The Balaban J connectivity index is 1.38. The van der Waals surface area contributed by atoms with Gasteiger partial charge >= 0.3 is 0 Å². The lowest BCUT2D eigenvalue weighted by Crippen LogP contribution is -2.27. The number of amides is 1. The highest BCUT2D eigenvalue weighted by atomic mass is 16.5. The van der Waals surface area contributed by atoms with E-state index in [1.54, 1.807) is 0 Å². The molecule has 1 amide bonds. The van der Waals surface area contributed by atoms with Crippen molar-refractivity contribution >= 4 is 22.8 Å². The van der Waals surface area contributed by atoms with E-state index in [9.17, 15) is 4.79 Å². The molecule has 0 aromatic carbocycles. The van der Waals surface area contributed by atoms with E-state index in [1.165, 1.54) is 56.9 Å². The Morgan fingerprint density at radius 1 is 1.10 bits per heavy atom. The molecule has 4 rings (SSSR count). The molecular weight excluding hydrogens is 378 g/mol. The Morgan fingerprint density at radius 3 is 2.70 bits per heavy atom. The Morgan fingerprint density at radius 2 is 1.93 bits per heavy atom. The summed E-state index contributed by atoms with van der Waals surface area (Å²) in [5, 5.41) is 8.06. The number of carbonyl (C=O) groups excluding carboxylic acids is 1. The van der Waals surface area contributed by atoms with Gasteiger partial charge in [0.2, 0.25) is 5.91 Å². The van der Waals surface area contributed by atoms with Crippen LogP contribution in [0.5, 0.6) is 0 Å². The fourth-order valence-electron chi connectivity index (χ4n) is 4.44. The second-order valence-electron chi connectivity index (χ2n) is 8.52. The predicted octanol–water partition coefficient (Wildman–Crippen LogP) is 4.25. The maximum absolute atomic E-state index is 12.3. The number of carbonyl (C=O) groups is 1. The van der Waals surface area contributed by atoms with E-state index >= 15 is 0 Å². The van der Waals surface area contributed by atoms with Gasteiger partial charge in [0.1, 0.15) is 17.0 Å². The number of hydrogen-bond donors (Lipinski definition) is 1. The second kappa shape index (κ2) is 10.0. The van der Waals surface area contributed by atoms with E-state index in [2.05, 4.69) is 26.4 Å². The number of allylic oxidation sites excluding steroid dienone is 1. The van der Waals surface area contributed by atoms with Crippen LogP contribution >= 0.6 is 0 Å². The van der Waals surface area contributed by atoms with Crippen LogP contribution in [0.25, 0.3) is 11.1 Å². The van der Waals surface area contributed by atoms with E-state index < -0.39 is 0 Å². The third kappa shape index (κ3) is 5.18. The van der Waals surface area contributed by atoms with Gasteiger partial charge in [0, 0.05) is 32.5 Å². The first-order chi connectivity index (χ1) is 14.7. The summed E-state index contributed by atoms with van der Waals surface area (Å²) in [7, 11) is 0. The van der Waals surface area contributed by atoms with Crippen LogP contribution in [-0.2, 0) is 11.2 Å². The third-order valence-electron chi connectivity index (χ3n) is 6.17.